The molecule has 0 aliphatic heterocycles. The molecule has 1 aromatic heterocycles. The van der Waals surface area contributed by atoms with Crippen LogP contribution >= 0.6 is 0 Å². The molecule has 0 saturated heterocycles. The number of pyridine rings is 1. The van der Waals surface area contributed by atoms with Gasteiger partial charge in [0.2, 0.25) is 0 Å². The summed E-state index contributed by atoms with van der Waals surface area (Å²) in [5.74, 6) is 0.0408. The molecule has 0 N–H and O–H groups in total. The van der Waals surface area contributed by atoms with Crippen LogP contribution in [0.4, 0.5) is 0 Å². The second-order valence-corrected chi connectivity index (χ2v) is 7.57. The van der Waals surface area contributed by atoms with E-state index >= 15 is 0 Å². The first-order valence-corrected chi connectivity index (χ1v) is 12.3. The third-order valence-electron chi connectivity index (χ3n) is 4.95. The van der Waals surface area contributed by atoms with E-state index in [0.29, 0.717) is 5.56 Å². The zero-order valence-corrected chi connectivity index (χ0v) is 21.1. The van der Waals surface area contributed by atoms with Crippen LogP contribution in [-0.2, 0) is 6.42 Å². The maximum absolute atomic E-state index is 12.6. The van der Waals surface area contributed by atoms with Gasteiger partial charge in [-0.2, -0.15) is 0 Å². The Labute approximate surface area is 192 Å². The fourth-order valence-electron chi connectivity index (χ4n) is 3.17. The van der Waals surface area contributed by atoms with Gasteiger partial charge in [-0.15, -0.1) is 0 Å². The van der Waals surface area contributed by atoms with Crippen LogP contribution in [0.2, 0.25) is 0 Å². The smallest absolute Gasteiger partial charge is 0.187 e. The van der Waals surface area contributed by atoms with Gasteiger partial charge in [0, 0.05) is 17.5 Å². The Balaban J connectivity index is 0.00000113. The second kappa shape index (κ2) is 18.5. The monoisotopic (exact) mass is 423 g/mol. The van der Waals surface area contributed by atoms with Gasteiger partial charge in [0.15, 0.2) is 5.78 Å². The molecule has 1 aromatic carbocycles. The summed E-state index contributed by atoms with van der Waals surface area (Å²) in [5, 5.41) is 0. The van der Waals surface area contributed by atoms with Gasteiger partial charge in [-0.1, -0.05) is 97.9 Å². The summed E-state index contributed by atoms with van der Waals surface area (Å²) in [5.41, 5.74) is 5.08. The number of carbonyl (C=O) groups is 1. The number of hydrogen-bond acceptors (Lipinski definition) is 2. The maximum Gasteiger partial charge on any atom is 0.187 e. The number of allylic oxidation sites excluding steroid dienone is 2. The number of carbonyl (C=O) groups excluding carboxylic acids is 1. The molecule has 0 spiro atoms. The summed E-state index contributed by atoms with van der Waals surface area (Å²) in [7, 11) is 0. The van der Waals surface area contributed by atoms with Gasteiger partial charge in [0.05, 0.1) is 0 Å². The Morgan fingerprint density at radius 1 is 0.871 bits per heavy atom. The minimum atomic E-state index is 0.0408. The quantitative estimate of drug-likeness (QED) is 0.282. The van der Waals surface area contributed by atoms with Crippen molar-refractivity contribution in [1.82, 2.24) is 4.98 Å². The summed E-state index contributed by atoms with van der Waals surface area (Å²) >= 11 is 0. The third-order valence-corrected chi connectivity index (χ3v) is 4.95. The Morgan fingerprint density at radius 3 is 1.97 bits per heavy atom. The van der Waals surface area contributed by atoms with Crippen LogP contribution < -0.4 is 0 Å². The van der Waals surface area contributed by atoms with Crippen LogP contribution in [0.5, 0.6) is 0 Å². The molecular weight excluding hydrogens is 378 g/mol. The number of ketones is 1. The molecular formula is C29H45NO. The number of nitrogens with zero attached hydrogens (tertiary/aromatic N) is 1. The van der Waals surface area contributed by atoms with Crippen LogP contribution in [-0.4, -0.2) is 10.8 Å². The van der Waals surface area contributed by atoms with E-state index in [0.717, 1.165) is 36.1 Å². The lowest BCUT2D eigenvalue weighted by molar-refractivity contribution is 0.104. The van der Waals surface area contributed by atoms with E-state index < -0.39 is 0 Å². The van der Waals surface area contributed by atoms with Gasteiger partial charge in [0.25, 0.3) is 0 Å². The number of aromatic nitrogens is 1. The summed E-state index contributed by atoms with van der Waals surface area (Å²) in [4.78, 5) is 16.8. The SMILES string of the molecule is CC.CCCCC.CCCCc1ccc(/C(=C/C(=O)c2cccnc2C)CCC)cc1. The summed E-state index contributed by atoms with van der Waals surface area (Å²) in [6.45, 7) is 14.7. The molecule has 0 bridgehead atoms. The van der Waals surface area contributed by atoms with Crippen LogP contribution in [0.3, 0.4) is 0 Å². The largest absolute Gasteiger partial charge is 0.289 e. The zero-order chi connectivity index (χ0) is 23.5. The molecule has 0 aliphatic carbocycles. The van der Waals surface area contributed by atoms with E-state index in [1.165, 1.54) is 37.7 Å². The first kappa shape index (κ1) is 28.8. The lowest BCUT2D eigenvalue weighted by Crippen LogP contribution is -2.01. The van der Waals surface area contributed by atoms with Crippen LogP contribution in [0.1, 0.15) is 114 Å². The minimum absolute atomic E-state index is 0.0408. The second-order valence-electron chi connectivity index (χ2n) is 7.57. The van der Waals surface area contributed by atoms with Crippen LogP contribution in [0, 0.1) is 6.92 Å². The van der Waals surface area contributed by atoms with Crippen molar-refractivity contribution in [3.8, 4) is 0 Å². The molecule has 2 heteroatoms. The van der Waals surface area contributed by atoms with Crippen LogP contribution in [0.15, 0.2) is 48.7 Å². The molecule has 0 amide bonds. The molecule has 2 rings (SSSR count). The number of benzene rings is 1. The van der Waals surface area contributed by atoms with Crippen molar-refractivity contribution in [2.45, 2.75) is 99.8 Å². The number of hydrogen-bond donors (Lipinski definition) is 0. The van der Waals surface area contributed by atoms with Gasteiger partial charge in [-0.05, 0) is 61.1 Å². The van der Waals surface area contributed by atoms with E-state index in [-0.39, 0.29) is 5.78 Å². The number of unbranched alkanes of at least 4 members (excludes halogenated alkanes) is 3. The average Bonchev–Trinajstić information content (AvgIpc) is 2.80. The van der Waals surface area contributed by atoms with E-state index in [9.17, 15) is 4.79 Å². The Morgan fingerprint density at radius 2 is 1.48 bits per heavy atom. The molecule has 0 atom stereocenters. The van der Waals surface area contributed by atoms with Gasteiger partial charge >= 0.3 is 0 Å². The minimum Gasteiger partial charge on any atom is -0.289 e. The Kier molecular flexibility index (Phi) is 17.2. The van der Waals surface area contributed by atoms with Gasteiger partial charge in [-0.25, -0.2) is 0 Å². The lowest BCUT2D eigenvalue weighted by Gasteiger charge is -2.09. The molecule has 2 aromatic rings. The highest BCUT2D eigenvalue weighted by Crippen LogP contribution is 2.22. The zero-order valence-electron chi connectivity index (χ0n) is 21.1. The maximum atomic E-state index is 12.6. The van der Waals surface area contributed by atoms with Crippen molar-refractivity contribution in [2.24, 2.45) is 0 Å². The molecule has 0 saturated carbocycles. The standard InChI is InChI=1S/C22H27NO.C5H12.C2H6/c1-4-6-9-18-11-13-19(14-12-18)20(8-5-2)16-22(24)21-10-7-15-23-17(21)3;1-3-5-4-2;1-2/h7,10-16H,4-6,8-9H2,1-3H3;3-5H2,1-2H3;1-2H3/b20-16+;;. The Hall–Kier alpha value is -2.22. The molecule has 1 heterocycles. The van der Waals surface area contributed by atoms with Crippen molar-refractivity contribution in [3.63, 3.8) is 0 Å². The van der Waals surface area contributed by atoms with Gasteiger partial charge < -0.3 is 0 Å². The Bertz CT molecular complexity index is 742. The molecule has 0 unspecified atom stereocenters. The summed E-state index contributed by atoms with van der Waals surface area (Å²) in [6.07, 6.45) is 13.1. The van der Waals surface area contributed by atoms with E-state index in [4.69, 9.17) is 0 Å². The topological polar surface area (TPSA) is 30.0 Å². The molecule has 2 nitrogen and oxygen atoms in total. The van der Waals surface area contributed by atoms with E-state index in [1.807, 2.05) is 32.9 Å². The molecule has 0 aliphatic rings. The molecule has 0 fully saturated rings. The van der Waals surface area contributed by atoms with Crippen molar-refractivity contribution in [2.75, 3.05) is 0 Å². The predicted molar refractivity (Wildman–Crippen MR) is 138 cm³/mol. The van der Waals surface area contributed by atoms with E-state index in [1.54, 1.807) is 12.3 Å². The fraction of sp³-hybridized carbons (Fsp3) is 0.517. The van der Waals surface area contributed by atoms with Crippen LogP contribution in [0.25, 0.3) is 5.57 Å². The summed E-state index contributed by atoms with van der Waals surface area (Å²) < 4.78 is 0. The van der Waals surface area contributed by atoms with Crippen molar-refractivity contribution < 1.29 is 4.79 Å². The van der Waals surface area contributed by atoms with Gasteiger partial charge in [0.1, 0.15) is 0 Å². The highest BCUT2D eigenvalue weighted by atomic mass is 16.1. The van der Waals surface area contributed by atoms with Gasteiger partial charge in [-0.3, -0.25) is 9.78 Å². The number of aryl methyl sites for hydroxylation is 2. The normalized spacial score (nSPS) is 10.5. The van der Waals surface area contributed by atoms with Crippen molar-refractivity contribution in [3.05, 3.63) is 71.1 Å². The first-order chi connectivity index (χ1) is 15.1. The highest BCUT2D eigenvalue weighted by molar-refractivity contribution is 6.09. The predicted octanol–water partition coefficient (Wildman–Crippen LogP) is 9.02. The van der Waals surface area contributed by atoms with Crippen molar-refractivity contribution >= 4 is 11.4 Å². The third kappa shape index (κ3) is 11.7. The molecule has 31 heavy (non-hydrogen) atoms. The average molecular weight is 424 g/mol. The molecule has 172 valence electrons. The molecule has 0 radical (unpaired) electrons. The number of rotatable bonds is 10. The summed E-state index contributed by atoms with van der Waals surface area (Å²) in [6, 6.07) is 12.3. The lowest BCUT2D eigenvalue weighted by atomic mass is 9.96. The van der Waals surface area contributed by atoms with Crippen molar-refractivity contribution in [1.29, 1.82) is 0 Å². The first-order valence-electron chi connectivity index (χ1n) is 12.3. The highest BCUT2D eigenvalue weighted by Gasteiger charge is 2.09. The van der Waals surface area contributed by atoms with E-state index in [2.05, 4.69) is 56.9 Å². The fourth-order valence-corrected chi connectivity index (χ4v) is 3.17.